The van der Waals surface area contributed by atoms with Crippen LogP contribution < -0.4 is 9.47 Å². The predicted octanol–water partition coefficient (Wildman–Crippen LogP) is 3.38. The van der Waals surface area contributed by atoms with Gasteiger partial charge in [0, 0.05) is 55.0 Å². The van der Waals surface area contributed by atoms with Gasteiger partial charge in [-0.25, -0.2) is 0 Å². The van der Waals surface area contributed by atoms with Crippen LogP contribution in [0.25, 0.3) is 5.57 Å². The SMILES string of the molecule is CC(=O)Oc1cccc2c1C(=O)C1=C(C2=O)c2c(OC(C)=O)cccc2[C@H](OC(C)=O)C1. The van der Waals surface area contributed by atoms with Crippen molar-refractivity contribution in [3.63, 3.8) is 0 Å². The summed E-state index contributed by atoms with van der Waals surface area (Å²) in [5, 5.41) is 0. The van der Waals surface area contributed by atoms with Gasteiger partial charge in [0.05, 0.1) is 5.56 Å². The highest BCUT2D eigenvalue weighted by Crippen LogP contribution is 2.49. The largest absolute Gasteiger partial charge is 0.457 e. The van der Waals surface area contributed by atoms with Gasteiger partial charge in [-0.15, -0.1) is 0 Å². The van der Waals surface area contributed by atoms with Crippen LogP contribution in [0.15, 0.2) is 42.0 Å². The van der Waals surface area contributed by atoms with Crippen molar-refractivity contribution in [2.24, 2.45) is 0 Å². The van der Waals surface area contributed by atoms with E-state index in [0.717, 1.165) is 0 Å². The quantitative estimate of drug-likeness (QED) is 0.534. The molecule has 0 unspecified atom stereocenters. The highest BCUT2D eigenvalue weighted by Gasteiger charge is 2.42. The van der Waals surface area contributed by atoms with Gasteiger partial charge in [-0.2, -0.15) is 0 Å². The summed E-state index contributed by atoms with van der Waals surface area (Å²) < 4.78 is 15.9. The Morgan fingerprint density at radius 3 is 1.97 bits per heavy atom. The van der Waals surface area contributed by atoms with E-state index in [9.17, 15) is 24.0 Å². The lowest BCUT2D eigenvalue weighted by Crippen LogP contribution is -2.29. The standard InChI is InChI=1S/C24H18O8/c1-11(25)30-17-8-4-6-14-19(32-13(3)27)10-16-22(20(14)17)23(28)15-7-5-9-18(31-12(2)26)21(15)24(16)29/h4-9,19H,10H2,1-3H3/t19-/m1/s1. The van der Waals surface area contributed by atoms with Crippen molar-refractivity contribution in [2.75, 3.05) is 0 Å². The molecule has 0 saturated carbocycles. The molecule has 0 amide bonds. The van der Waals surface area contributed by atoms with Crippen molar-refractivity contribution >= 4 is 35.0 Å². The molecule has 0 radical (unpaired) electrons. The Morgan fingerprint density at radius 2 is 1.38 bits per heavy atom. The maximum atomic E-state index is 13.6. The maximum absolute atomic E-state index is 13.6. The van der Waals surface area contributed by atoms with E-state index in [1.54, 1.807) is 12.1 Å². The Labute approximate surface area is 182 Å². The van der Waals surface area contributed by atoms with E-state index in [0.29, 0.717) is 5.56 Å². The molecule has 8 heteroatoms. The molecule has 0 saturated heterocycles. The number of allylic oxidation sites excluding steroid dienone is 1. The molecule has 0 bridgehead atoms. The number of carbonyl (C=O) groups is 5. The second-order valence-electron chi connectivity index (χ2n) is 7.40. The van der Waals surface area contributed by atoms with Crippen LogP contribution in [-0.2, 0) is 19.1 Å². The smallest absolute Gasteiger partial charge is 0.308 e. The fourth-order valence-electron chi connectivity index (χ4n) is 4.11. The fourth-order valence-corrected chi connectivity index (χ4v) is 4.11. The Bertz CT molecular complexity index is 1250. The molecule has 1 atom stereocenters. The molecule has 162 valence electrons. The highest BCUT2D eigenvalue weighted by atomic mass is 16.5. The van der Waals surface area contributed by atoms with Gasteiger partial charge in [-0.05, 0) is 12.1 Å². The minimum Gasteiger partial charge on any atom is -0.457 e. The van der Waals surface area contributed by atoms with Crippen molar-refractivity contribution in [3.05, 3.63) is 64.2 Å². The molecule has 0 aromatic heterocycles. The molecule has 0 N–H and O–H groups in total. The highest BCUT2D eigenvalue weighted by molar-refractivity contribution is 6.42. The first-order valence-electron chi connectivity index (χ1n) is 9.82. The zero-order valence-electron chi connectivity index (χ0n) is 17.5. The third-order valence-corrected chi connectivity index (χ3v) is 5.16. The summed E-state index contributed by atoms with van der Waals surface area (Å²) in [5.41, 5.74) is 0.914. The van der Waals surface area contributed by atoms with Gasteiger partial charge < -0.3 is 14.2 Å². The van der Waals surface area contributed by atoms with Crippen LogP contribution in [0.5, 0.6) is 11.5 Å². The van der Waals surface area contributed by atoms with Crippen LogP contribution in [0.2, 0.25) is 0 Å². The maximum Gasteiger partial charge on any atom is 0.308 e. The summed E-state index contributed by atoms with van der Waals surface area (Å²) in [4.78, 5) is 62.0. The third kappa shape index (κ3) is 3.49. The average Bonchev–Trinajstić information content (AvgIpc) is 2.71. The Balaban J connectivity index is 1.98. The van der Waals surface area contributed by atoms with Gasteiger partial charge in [0.15, 0.2) is 11.6 Å². The van der Waals surface area contributed by atoms with Gasteiger partial charge in [0.25, 0.3) is 0 Å². The molecule has 4 rings (SSSR count). The summed E-state index contributed by atoms with van der Waals surface area (Å²) in [7, 11) is 0. The van der Waals surface area contributed by atoms with Crippen LogP contribution >= 0.6 is 0 Å². The Hall–Kier alpha value is -4.07. The minimum absolute atomic E-state index is 0.0250. The predicted molar refractivity (Wildman–Crippen MR) is 110 cm³/mol. The van der Waals surface area contributed by atoms with E-state index in [4.69, 9.17) is 14.2 Å². The number of carbonyl (C=O) groups excluding carboxylic acids is 5. The number of hydrogen-bond acceptors (Lipinski definition) is 8. The number of esters is 3. The van der Waals surface area contributed by atoms with Crippen LogP contribution in [0.4, 0.5) is 0 Å². The molecule has 2 aliphatic rings. The Kier molecular flexibility index (Phi) is 5.22. The number of rotatable bonds is 3. The lowest BCUT2D eigenvalue weighted by Gasteiger charge is -2.32. The lowest BCUT2D eigenvalue weighted by molar-refractivity contribution is -0.146. The zero-order valence-corrected chi connectivity index (χ0v) is 17.5. The van der Waals surface area contributed by atoms with Crippen LogP contribution in [0, 0.1) is 0 Å². The minimum atomic E-state index is -0.865. The van der Waals surface area contributed by atoms with Crippen molar-refractivity contribution in [3.8, 4) is 11.5 Å². The molecule has 0 heterocycles. The third-order valence-electron chi connectivity index (χ3n) is 5.16. The summed E-state index contributed by atoms with van der Waals surface area (Å²) >= 11 is 0. The second-order valence-corrected chi connectivity index (χ2v) is 7.40. The van der Waals surface area contributed by atoms with Crippen molar-refractivity contribution in [2.45, 2.75) is 33.3 Å². The Morgan fingerprint density at radius 1 is 0.781 bits per heavy atom. The molecule has 0 spiro atoms. The van der Waals surface area contributed by atoms with Gasteiger partial charge >= 0.3 is 17.9 Å². The number of Topliss-reactive ketones (excluding diaryl/α,β-unsaturated/α-hetero) is 2. The lowest BCUT2D eigenvalue weighted by atomic mass is 9.73. The molecule has 2 aromatic rings. The number of ether oxygens (including phenoxy) is 3. The van der Waals surface area contributed by atoms with Crippen molar-refractivity contribution in [1.82, 2.24) is 0 Å². The fraction of sp³-hybridized carbons (Fsp3) is 0.208. The summed E-state index contributed by atoms with van der Waals surface area (Å²) in [5.74, 6) is -2.76. The molecule has 0 aliphatic heterocycles. The van der Waals surface area contributed by atoms with E-state index >= 15 is 0 Å². The van der Waals surface area contributed by atoms with Gasteiger partial charge in [0.2, 0.25) is 0 Å². The normalized spacial score (nSPS) is 16.5. The zero-order chi connectivity index (χ0) is 23.2. The molecular formula is C24H18O8. The van der Waals surface area contributed by atoms with E-state index < -0.39 is 35.6 Å². The van der Waals surface area contributed by atoms with Crippen molar-refractivity contribution in [1.29, 1.82) is 0 Å². The second kappa shape index (κ2) is 7.88. The summed E-state index contributed by atoms with van der Waals surface area (Å²) in [6.07, 6.45) is -0.917. The topological polar surface area (TPSA) is 113 Å². The first-order valence-corrected chi connectivity index (χ1v) is 9.82. The average molecular weight is 434 g/mol. The van der Waals surface area contributed by atoms with Crippen molar-refractivity contribution < 1.29 is 38.2 Å². The van der Waals surface area contributed by atoms with Crippen LogP contribution in [0.1, 0.15) is 65.1 Å². The first kappa shape index (κ1) is 21.2. The first-order chi connectivity index (χ1) is 15.2. The monoisotopic (exact) mass is 434 g/mol. The molecule has 0 fully saturated rings. The van der Waals surface area contributed by atoms with Gasteiger partial charge in [0.1, 0.15) is 17.6 Å². The summed E-state index contributed by atoms with van der Waals surface area (Å²) in [6.45, 7) is 3.65. The molecular weight excluding hydrogens is 416 g/mol. The van der Waals surface area contributed by atoms with E-state index in [1.807, 2.05) is 0 Å². The number of fused-ring (bicyclic) bond motifs is 3. The van der Waals surface area contributed by atoms with Crippen LogP contribution in [0.3, 0.4) is 0 Å². The number of benzene rings is 2. The summed E-state index contributed by atoms with van der Waals surface area (Å²) in [6, 6.07) is 9.18. The van der Waals surface area contributed by atoms with E-state index in [2.05, 4.69) is 0 Å². The molecule has 32 heavy (non-hydrogen) atoms. The van der Waals surface area contributed by atoms with Crippen LogP contribution in [-0.4, -0.2) is 29.5 Å². The van der Waals surface area contributed by atoms with Gasteiger partial charge in [-0.3, -0.25) is 24.0 Å². The van der Waals surface area contributed by atoms with Gasteiger partial charge in [-0.1, -0.05) is 24.3 Å². The molecule has 2 aromatic carbocycles. The molecule has 8 nitrogen and oxygen atoms in total. The number of hydrogen-bond donors (Lipinski definition) is 0. The van der Waals surface area contributed by atoms with E-state index in [-0.39, 0.29) is 45.8 Å². The molecule has 2 aliphatic carbocycles. The van der Waals surface area contributed by atoms with E-state index in [1.165, 1.54) is 45.0 Å². The number of ketones is 2.